The van der Waals surface area contributed by atoms with E-state index in [4.69, 9.17) is 5.84 Å². The second-order valence-electron chi connectivity index (χ2n) is 4.31. The number of pyridine rings is 1. The van der Waals surface area contributed by atoms with E-state index in [0.29, 0.717) is 17.4 Å². The number of carbonyl (C=O) groups is 1. The Balaban J connectivity index is 2.10. The normalized spacial score (nSPS) is 14.5. The molecule has 92 valence electrons. The molecule has 0 atom stereocenters. The van der Waals surface area contributed by atoms with Gasteiger partial charge in [0.2, 0.25) is 0 Å². The molecule has 1 aliphatic carbocycles. The summed E-state index contributed by atoms with van der Waals surface area (Å²) >= 11 is 0. The largest absolute Gasteiger partial charge is 0.334 e. The number of carbonyl (C=O) groups excluding carboxylic acids is 1. The summed E-state index contributed by atoms with van der Waals surface area (Å²) in [5, 5.41) is 0. The first-order valence-electron chi connectivity index (χ1n) is 6.00. The first-order valence-corrected chi connectivity index (χ1v) is 6.00. The molecule has 0 spiro atoms. The maximum Gasteiger partial charge on any atom is 0.272 e. The lowest BCUT2D eigenvalue weighted by Gasteiger charge is -2.21. The van der Waals surface area contributed by atoms with Crippen molar-refractivity contribution in [1.29, 1.82) is 0 Å². The zero-order valence-electron chi connectivity index (χ0n) is 10.0. The van der Waals surface area contributed by atoms with Crippen LogP contribution in [0.15, 0.2) is 18.3 Å². The summed E-state index contributed by atoms with van der Waals surface area (Å²) < 4.78 is 0. The molecule has 1 fully saturated rings. The minimum Gasteiger partial charge on any atom is -0.334 e. The molecule has 0 bridgehead atoms. The average Bonchev–Trinajstić information content (AvgIpc) is 3.19. The van der Waals surface area contributed by atoms with Gasteiger partial charge in [0, 0.05) is 12.6 Å². The van der Waals surface area contributed by atoms with E-state index in [0.717, 1.165) is 25.8 Å². The number of anilines is 1. The summed E-state index contributed by atoms with van der Waals surface area (Å²) in [6.45, 7) is 2.89. The van der Waals surface area contributed by atoms with Gasteiger partial charge >= 0.3 is 0 Å². The van der Waals surface area contributed by atoms with E-state index in [1.165, 1.54) is 0 Å². The predicted molar refractivity (Wildman–Crippen MR) is 66.4 cm³/mol. The van der Waals surface area contributed by atoms with E-state index in [1.807, 2.05) is 4.90 Å². The van der Waals surface area contributed by atoms with Crippen LogP contribution in [0.4, 0.5) is 5.69 Å². The number of rotatable bonds is 5. The van der Waals surface area contributed by atoms with E-state index in [9.17, 15) is 4.79 Å². The van der Waals surface area contributed by atoms with Crippen molar-refractivity contribution in [3.8, 4) is 0 Å². The van der Waals surface area contributed by atoms with Crippen molar-refractivity contribution in [2.24, 2.45) is 5.84 Å². The van der Waals surface area contributed by atoms with Crippen molar-refractivity contribution in [1.82, 2.24) is 9.88 Å². The molecule has 1 heterocycles. The average molecular weight is 234 g/mol. The number of hydrogen-bond acceptors (Lipinski definition) is 4. The van der Waals surface area contributed by atoms with Gasteiger partial charge in [-0.1, -0.05) is 6.92 Å². The van der Waals surface area contributed by atoms with Crippen molar-refractivity contribution in [3.05, 3.63) is 24.0 Å². The van der Waals surface area contributed by atoms with Gasteiger partial charge in [0.05, 0.1) is 11.9 Å². The lowest BCUT2D eigenvalue weighted by Crippen LogP contribution is -2.34. The molecule has 0 saturated heterocycles. The fraction of sp³-hybridized carbons (Fsp3) is 0.500. The third-order valence-corrected chi connectivity index (χ3v) is 2.86. The molecule has 0 radical (unpaired) electrons. The van der Waals surface area contributed by atoms with Crippen molar-refractivity contribution >= 4 is 11.6 Å². The van der Waals surface area contributed by atoms with Crippen molar-refractivity contribution in [2.75, 3.05) is 12.0 Å². The van der Waals surface area contributed by atoms with Crippen LogP contribution in [0.1, 0.15) is 36.7 Å². The number of aromatic nitrogens is 1. The molecule has 1 saturated carbocycles. The number of nitrogen functional groups attached to an aromatic ring is 1. The Bertz CT molecular complexity index is 386. The van der Waals surface area contributed by atoms with Crippen LogP contribution < -0.4 is 11.3 Å². The van der Waals surface area contributed by atoms with E-state index >= 15 is 0 Å². The van der Waals surface area contributed by atoms with Gasteiger partial charge < -0.3 is 10.3 Å². The highest BCUT2D eigenvalue weighted by molar-refractivity contribution is 5.92. The Morgan fingerprint density at radius 3 is 2.82 bits per heavy atom. The molecule has 1 aliphatic rings. The zero-order valence-corrected chi connectivity index (χ0v) is 10.0. The maximum atomic E-state index is 12.2. The maximum absolute atomic E-state index is 12.2. The SMILES string of the molecule is CCCN(C(=O)c1ccc(NN)cn1)C1CC1. The molecule has 5 heteroatoms. The lowest BCUT2D eigenvalue weighted by molar-refractivity contribution is 0.0737. The van der Waals surface area contributed by atoms with Gasteiger partial charge in [-0.15, -0.1) is 0 Å². The highest BCUT2D eigenvalue weighted by Gasteiger charge is 2.32. The molecular weight excluding hydrogens is 216 g/mol. The Morgan fingerprint density at radius 2 is 2.35 bits per heavy atom. The van der Waals surface area contributed by atoms with E-state index in [-0.39, 0.29) is 5.91 Å². The molecule has 0 aromatic carbocycles. The minimum absolute atomic E-state index is 0.0259. The fourth-order valence-corrected chi connectivity index (χ4v) is 1.83. The summed E-state index contributed by atoms with van der Waals surface area (Å²) in [5.41, 5.74) is 3.69. The van der Waals surface area contributed by atoms with Gasteiger partial charge in [0.15, 0.2) is 0 Å². The Hall–Kier alpha value is -1.62. The fourth-order valence-electron chi connectivity index (χ4n) is 1.83. The van der Waals surface area contributed by atoms with Crippen LogP contribution in [-0.4, -0.2) is 28.4 Å². The van der Waals surface area contributed by atoms with Crippen LogP contribution in [0.2, 0.25) is 0 Å². The summed E-state index contributed by atoms with van der Waals surface area (Å²) in [6, 6.07) is 3.90. The first kappa shape index (κ1) is 11.9. The number of nitrogens with one attached hydrogen (secondary N) is 1. The molecule has 2 rings (SSSR count). The third-order valence-electron chi connectivity index (χ3n) is 2.86. The smallest absolute Gasteiger partial charge is 0.272 e. The standard InChI is InChI=1S/C12H18N4O/c1-2-7-16(10-4-5-10)12(17)11-6-3-9(15-13)8-14-11/h3,6,8,10,15H,2,4-5,7,13H2,1H3. The number of nitrogens with two attached hydrogens (primary N) is 1. The lowest BCUT2D eigenvalue weighted by atomic mass is 10.2. The number of amides is 1. The van der Waals surface area contributed by atoms with Crippen LogP contribution in [0.25, 0.3) is 0 Å². The van der Waals surface area contributed by atoms with E-state index in [2.05, 4.69) is 17.3 Å². The highest BCUT2D eigenvalue weighted by atomic mass is 16.2. The molecule has 5 nitrogen and oxygen atoms in total. The predicted octanol–water partition coefficient (Wildman–Crippen LogP) is 1.38. The van der Waals surface area contributed by atoms with Gasteiger partial charge in [-0.25, -0.2) is 4.98 Å². The second-order valence-corrected chi connectivity index (χ2v) is 4.31. The molecule has 17 heavy (non-hydrogen) atoms. The number of nitrogens with zero attached hydrogens (tertiary/aromatic N) is 2. The van der Waals surface area contributed by atoms with Crippen LogP contribution >= 0.6 is 0 Å². The van der Waals surface area contributed by atoms with E-state index < -0.39 is 0 Å². The van der Waals surface area contributed by atoms with Crippen LogP contribution in [0, 0.1) is 0 Å². The number of hydrazine groups is 1. The Kier molecular flexibility index (Phi) is 3.58. The van der Waals surface area contributed by atoms with Gasteiger partial charge in [-0.05, 0) is 31.4 Å². The molecule has 1 aromatic rings. The topological polar surface area (TPSA) is 71.2 Å². The minimum atomic E-state index is 0.0259. The van der Waals surface area contributed by atoms with E-state index in [1.54, 1.807) is 18.3 Å². The van der Waals surface area contributed by atoms with Gasteiger partial charge in [0.1, 0.15) is 5.69 Å². The summed E-state index contributed by atoms with van der Waals surface area (Å²) in [5.74, 6) is 5.28. The first-order chi connectivity index (χ1) is 8.26. The van der Waals surface area contributed by atoms with Crippen LogP contribution in [0.3, 0.4) is 0 Å². The van der Waals surface area contributed by atoms with Crippen LogP contribution in [-0.2, 0) is 0 Å². The highest BCUT2D eigenvalue weighted by Crippen LogP contribution is 2.28. The molecular formula is C12H18N4O. The van der Waals surface area contributed by atoms with Crippen molar-refractivity contribution in [2.45, 2.75) is 32.2 Å². The molecule has 0 unspecified atom stereocenters. The van der Waals surface area contributed by atoms with Crippen LogP contribution in [0.5, 0.6) is 0 Å². The molecule has 1 aromatic heterocycles. The van der Waals surface area contributed by atoms with Gasteiger partial charge in [0.25, 0.3) is 5.91 Å². The van der Waals surface area contributed by atoms with Gasteiger partial charge in [-0.2, -0.15) is 0 Å². The summed E-state index contributed by atoms with van der Waals surface area (Å²) in [4.78, 5) is 18.3. The number of hydrogen-bond donors (Lipinski definition) is 2. The van der Waals surface area contributed by atoms with Gasteiger partial charge in [-0.3, -0.25) is 10.6 Å². The van der Waals surface area contributed by atoms with Crippen molar-refractivity contribution in [3.63, 3.8) is 0 Å². The zero-order chi connectivity index (χ0) is 12.3. The molecule has 1 amide bonds. The van der Waals surface area contributed by atoms with Crippen molar-refractivity contribution < 1.29 is 4.79 Å². The molecule has 3 N–H and O–H groups in total. The quantitative estimate of drug-likeness (QED) is 0.596. The monoisotopic (exact) mass is 234 g/mol. The Labute approximate surface area is 101 Å². The molecule has 0 aliphatic heterocycles. The third kappa shape index (κ3) is 2.74. The Morgan fingerprint density at radius 1 is 1.59 bits per heavy atom. The summed E-state index contributed by atoms with van der Waals surface area (Å²) in [7, 11) is 0. The second kappa shape index (κ2) is 5.14. The summed E-state index contributed by atoms with van der Waals surface area (Å²) in [6.07, 6.45) is 4.79.